The summed E-state index contributed by atoms with van der Waals surface area (Å²) >= 11 is 0. The molecule has 12 rings (SSSR count). The third-order valence-electron chi connectivity index (χ3n) is 12.5. The maximum absolute atomic E-state index is 6.76. The summed E-state index contributed by atoms with van der Waals surface area (Å²) in [5.74, 6) is 1.34. The number of aromatic nitrogens is 2. The lowest BCUT2D eigenvalue weighted by molar-refractivity contribution is 0.580. The molecule has 0 bridgehead atoms. The minimum absolute atomic E-state index is 0.200. The highest BCUT2D eigenvalue weighted by Gasteiger charge is 2.40. The van der Waals surface area contributed by atoms with Crippen molar-refractivity contribution in [2.45, 2.75) is 24.8 Å². The highest BCUT2D eigenvalue weighted by molar-refractivity contribution is 6.13. The molecule has 2 unspecified atom stereocenters. The van der Waals surface area contributed by atoms with Gasteiger partial charge >= 0.3 is 0 Å². The summed E-state index contributed by atoms with van der Waals surface area (Å²) in [5, 5.41) is 2.25. The van der Waals surface area contributed by atoms with E-state index in [1.165, 1.54) is 33.5 Å². The second-order valence-electron chi connectivity index (χ2n) is 15.8. The molecule has 3 heterocycles. The van der Waals surface area contributed by atoms with Crippen LogP contribution in [0, 0.1) is 0 Å². The van der Waals surface area contributed by atoms with Gasteiger partial charge in [-0.3, -0.25) is 4.57 Å². The van der Waals surface area contributed by atoms with Crippen LogP contribution in [0.3, 0.4) is 0 Å². The molecule has 0 amide bonds. The van der Waals surface area contributed by atoms with Crippen molar-refractivity contribution in [2.24, 2.45) is 0 Å². The zero-order valence-electron chi connectivity index (χ0n) is 32.4. The third-order valence-corrected chi connectivity index (χ3v) is 12.5. The van der Waals surface area contributed by atoms with E-state index in [9.17, 15) is 0 Å². The van der Waals surface area contributed by atoms with Crippen molar-refractivity contribution in [3.05, 3.63) is 211 Å². The second kappa shape index (κ2) is 13.6. The van der Waals surface area contributed by atoms with Gasteiger partial charge in [0, 0.05) is 45.4 Å². The standard InChI is InChI=1S/C55H39N3O/c1-4-13-36(14-5-1)40-25-30-45-46-31-26-41(37-15-6-2-7-16-37)34-51(46)57(50(45)33-40)43-29-32-47-53(35-43)59-52-22-12-19-44(54(47)52)38-23-27-42(28-24-38)58-49-21-11-10-20-48(49)56-55(58)39-17-8-3-9-18-39/h1-25,27-30,32-35,46,51H,26,31H2. The molecule has 10 aromatic rings. The average molecular weight is 758 g/mol. The fourth-order valence-electron chi connectivity index (χ4n) is 9.79. The normalized spacial score (nSPS) is 16.1. The lowest BCUT2D eigenvalue weighted by Crippen LogP contribution is -2.30. The van der Waals surface area contributed by atoms with E-state index in [0.717, 1.165) is 79.7 Å². The van der Waals surface area contributed by atoms with E-state index >= 15 is 0 Å². The molecule has 2 aliphatic rings. The summed E-state index contributed by atoms with van der Waals surface area (Å²) in [6, 6.07) is 69.9. The van der Waals surface area contributed by atoms with E-state index in [2.05, 4.69) is 198 Å². The van der Waals surface area contributed by atoms with E-state index in [0.29, 0.717) is 5.92 Å². The van der Waals surface area contributed by atoms with Crippen molar-refractivity contribution in [3.63, 3.8) is 0 Å². The molecule has 1 aliphatic carbocycles. The summed E-state index contributed by atoms with van der Waals surface area (Å²) in [5.41, 5.74) is 17.4. The predicted octanol–water partition coefficient (Wildman–Crippen LogP) is 14.4. The summed E-state index contributed by atoms with van der Waals surface area (Å²) in [6.07, 6.45) is 4.71. The molecule has 2 atom stereocenters. The number of hydrogen-bond donors (Lipinski definition) is 0. The van der Waals surface area contributed by atoms with Crippen molar-refractivity contribution in [3.8, 4) is 39.3 Å². The van der Waals surface area contributed by atoms with Crippen LogP contribution in [-0.4, -0.2) is 15.6 Å². The van der Waals surface area contributed by atoms with E-state index in [1.54, 1.807) is 0 Å². The Bertz CT molecular complexity index is 3210. The quantitative estimate of drug-likeness (QED) is 0.169. The number of hydrogen-bond acceptors (Lipinski definition) is 3. The fraction of sp³-hybridized carbons (Fsp3) is 0.0727. The minimum Gasteiger partial charge on any atom is -0.456 e. The molecule has 0 fully saturated rings. The molecule has 0 spiro atoms. The number of benzene rings is 8. The highest BCUT2D eigenvalue weighted by atomic mass is 16.3. The number of para-hydroxylation sites is 2. The molecular formula is C55H39N3O. The number of nitrogens with zero attached hydrogens (tertiary/aromatic N) is 3. The zero-order valence-corrected chi connectivity index (χ0v) is 32.4. The molecule has 2 aromatic heterocycles. The van der Waals surface area contributed by atoms with Gasteiger partial charge in [0.05, 0.1) is 17.1 Å². The van der Waals surface area contributed by atoms with Crippen LogP contribution in [0.5, 0.6) is 0 Å². The van der Waals surface area contributed by atoms with Crippen molar-refractivity contribution in [1.82, 2.24) is 9.55 Å². The first-order chi connectivity index (χ1) is 29.2. The Balaban J connectivity index is 0.958. The van der Waals surface area contributed by atoms with Gasteiger partial charge in [0.2, 0.25) is 0 Å². The van der Waals surface area contributed by atoms with Gasteiger partial charge in [-0.15, -0.1) is 0 Å². The second-order valence-corrected chi connectivity index (χ2v) is 15.8. The van der Waals surface area contributed by atoms with E-state index in [4.69, 9.17) is 9.40 Å². The number of anilines is 2. The van der Waals surface area contributed by atoms with Crippen molar-refractivity contribution < 1.29 is 4.42 Å². The minimum atomic E-state index is 0.200. The van der Waals surface area contributed by atoms with Crippen molar-refractivity contribution in [1.29, 1.82) is 0 Å². The molecule has 4 heteroatoms. The molecule has 0 radical (unpaired) electrons. The van der Waals surface area contributed by atoms with Gasteiger partial charge in [-0.05, 0) is 100 Å². The Morgan fingerprint density at radius 2 is 1.22 bits per heavy atom. The van der Waals surface area contributed by atoms with E-state index < -0.39 is 0 Å². The van der Waals surface area contributed by atoms with Crippen LogP contribution in [-0.2, 0) is 0 Å². The molecular weight excluding hydrogens is 719 g/mol. The number of furan rings is 1. The Kier molecular flexibility index (Phi) is 7.77. The van der Waals surface area contributed by atoms with E-state index in [1.807, 2.05) is 12.1 Å². The molecule has 8 aromatic carbocycles. The molecule has 280 valence electrons. The van der Waals surface area contributed by atoms with Crippen molar-refractivity contribution >= 4 is 49.9 Å². The summed E-state index contributed by atoms with van der Waals surface area (Å²) in [7, 11) is 0. The first-order valence-electron chi connectivity index (χ1n) is 20.6. The van der Waals surface area contributed by atoms with Crippen LogP contribution in [0.15, 0.2) is 205 Å². The van der Waals surface area contributed by atoms with Crippen LogP contribution >= 0.6 is 0 Å². The Hall–Kier alpha value is -7.43. The SMILES string of the molecule is C1=C(c2ccccc2)CCC2c3ccc(-c4ccccc4)cc3N(c3ccc4c(c3)oc3cccc(-c5ccc(-n6c(-c7ccccc7)nc7ccccc76)cc5)c34)C12. The number of fused-ring (bicyclic) bond motifs is 7. The Morgan fingerprint density at radius 3 is 2.02 bits per heavy atom. The van der Waals surface area contributed by atoms with Gasteiger partial charge < -0.3 is 9.32 Å². The number of rotatable bonds is 6. The zero-order chi connectivity index (χ0) is 38.9. The van der Waals surface area contributed by atoms with Gasteiger partial charge in [0.15, 0.2) is 0 Å². The largest absolute Gasteiger partial charge is 0.456 e. The summed E-state index contributed by atoms with van der Waals surface area (Å²) < 4.78 is 9.03. The van der Waals surface area contributed by atoms with Crippen LogP contribution < -0.4 is 4.90 Å². The number of imidazole rings is 1. The third kappa shape index (κ3) is 5.55. The van der Waals surface area contributed by atoms with E-state index in [-0.39, 0.29) is 6.04 Å². The Labute approximate surface area is 343 Å². The summed E-state index contributed by atoms with van der Waals surface area (Å²) in [4.78, 5) is 7.63. The molecule has 59 heavy (non-hydrogen) atoms. The molecule has 0 saturated heterocycles. The smallest absolute Gasteiger partial charge is 0.145 e. The number of allylic oxidation sites excluding steroid dienone is 1. The fourth-order valence-corrected chi connectivity index (χ4v) is 9.79. The lowest BCUT2D eigenvalue weighted by Gasteiger charge is -2.32. The topological polar surface area (TPSA) is 34.2 Å². The van der Waals surface area contributed by atoms with Crippen LogP contribution in [0.4, 0.5) is 11.4 Å². The summed E-state index contributed by atoms with van der Waals surface area (Å²) in [6.45, 7) is 0. The van der Waals surface area contributed by atoms with Crippen LogP contribution in [0.25, 0.3) is 77.9 Å². The molecule has 0 saturated carbocycles. The molecule has 0 N–H and O–H groups in total. The van der Waals surface area contributed by atoms with Gasteiger partial charge in [0.1, 0.15) is 17.0 Å². The Morgan fingerprint density at radius 1 is 0.525 bits per heavy atom. The maximum Gasteiger partial charge on any atom is 0.145 e. The highest BCUT2D eigenvalue weighted by Crippen LogP contribution is 2.53. The van der Waals surface area contributed by atoms with Gasteiger partial charge in [-0.2, -0.15) is 0 Å². The van der Waals surface area contributed by atoms with Gasteiger partial charge in [-0.25, -0.2) is 4.98 Å². The monoisotopic (exact) mass is 757 g/mol. The predicted molar refractivity (Wildman–Crippen MR) is 243 cm³/mol. The van der Waals surface area contributed by atoms with Crippen LogP contribution in [0.1, 0.15) is 29.9 Å². The molecule has 4 nitrogen and oxygen atoms in total. The molecule has 1 aliphatic heterocycles. The first kappa shape index (κ1) is 33.7. The van der Waals surface area contributed by atoms with Gasteiger partial charge in [0.25, 0.3) is 0 Å². The average Bonchev–Trinajstić information content (AvgIpc) is 3.99. The first-order valence-corrected chi connectivity index (χ1v) is 20.6. The van der Waals surface area contributed by atoms with Crippen molar-refractivity contribution in [2.75, 3.05) is 4.90 Å². The maximum atomic E-state index is 6.76. The lowest BCUT2D eigenvalue weighted by atomic mass is 9.81. The van der Waals surface area contributed by atoms with Gasteiger partial charge in [-0.1, -0.05) is 146 Å². The van der Waals surface area contributed by atoms with Crippen LogP contribution in [0.2, 0.25) is 0 Å².